The van der Waals surface area contributed by atoms with Gasteiger partial charge in [0, 0.05) is 18.6 Å². The van der Waals surface area contributed by atoms with Gasteiger partial charge in [-0.3, -0.25) is 9.69 Å². The molecule has 3 N–H and O–H groups in total. The number of nitrogens with zero attached hydrogens (tertiary/aromatic N) is 1. The number of benzene rings is 2. The number of amides is 2. The topological polar surface area (TPSA) is 81.7 Å². The summed E-state index contributed by atoms with van der Waals surface area (Å²) in [5.74, 6) is -0.811. The van der Waals surface area contributed by atoms with E-state index in [4.69, 9.17) is 5.11 Å². The minimum Gasteiger partial charge on any atom is -0.480 e. The smallest absolute Gasteiger partial charge is 0.317 e. The molecule has 2 aromatic rings. The molecule has 0 bridgehead atoms. The van der Waals surface area contributed by atoms with Crippen molar-refractivity contribution in [2.24, 2.45) is 0 Å². The van der Waals surface area contributed by atoms with Gasteiger partial charge >= 0.3 is 12.0 Å². The summed E-state index contributed by atoms with van der Waals surface area (Å²) in [6.07, 6.45) is 1.58. The van der Waals surface area contributed by atoms with Crippen LogP contribution < -0.4 is 10.6 Å². The lowest BCUT2D eigenvalue weighted by Crippen LogP contribution is -2.56. The SMILES string of the molecule is CCN(CC(=O)O)C1CC(NC(=O)NCc2ccc(-c3ccccc3)c(C)c2)C1. The van der Waals surface area contributed by atoms with Gasteiger partial charge < -0.3 is 15.7 Å². The molecule has 0 radical (unpaired) electrons. The van der Waals surface area contributed by atoms with Gasteiger partial charge in [-0.15, -0.1) is 0 Å². The summed E-state index contributed by atoms with van der Waals surface area (Å²) in [5.41, 5.74) is 4.62. The van der Waals surface area contributed by atoms with Crippen molar-refractivity contribution in [2.75, 3.05) is 13.1 Å². The highest BCUT2D eigenvalue weighted by Gasteiger charge is 2.34. The largest absolute Gasteiger partial charge is 0.480 e. The van der Waals surface area contributed by atoms with Crippen LogP contribution in [-0.2, 0) is 11.3 Å². The summed E-state index contributed by atoms with van der Waals surface area (Å²) in [5, 5.41) is 14.8. The third-order valence-electron chi connectivity index (χ3n) is 5.54. The molecular formula is C23H29N3O3. The average molecular weight is 396 g/mol. The molecule has 6 nitrogen and oxygen atoms in total. The number of rotatable bonds is 8. The van der Waals surface area contributed by atoms with Crippen molar-refractivity contribution < 1.29 is 14.7 Å². The number of carbonyl (C=O) groups is 2. The van der Waals surface area contributed by atoms with Gasteiger partial charge in [-0.2, -0.15) is 0 Å². The Morgan fingerprint density at radius 3 is 2.48 bits per heavy atom. The van der Waals surface area contributed by atoms with Gasteiger partial charge in [0.25, 0.3) is 0 Å². The first-order chi connectivity index (χ1) is 14.0. The standard InChI is InChI=1S/C23H29N3O3/c1-3-26(15-22(27)28)20-12-19(13-20)25-23(29)24-14-17-9-10-21(16(2)11-17)18-7-5-4-6-8-18/h4-11,19-20H,3,12-15H2,1-2H3,(H,27,28)(H2,24,25,29). The monoisotopic (exact) mass is 395 g/mol. The Kier molecular flexibility index (Phi) is 6.88. The van der Waals surface area contributed by atoms with Gasteiger partial charge in [-0.1, -0.05) is 55.5 Å². The number of aryl methyl sites for hydroxylation is 1. The van der Waals surface area contributed by atoms with Crippen molar-refractivity contribution in [3.63, 3.8) is 0 Å². The van der Waals surface area contributed by atoms with Crippen LogP contribution in [0, 0.1) is 6.92 Å². The predicted octanol–water partition coefficient (Wildman–Crippen LogP) is 3.40. The van der Waals surface area contributed by atoms with Gasteiger partial charge in [0.15, 0.2) is 0 Å². The Morgan fingerprint density at radius 2 is 1.86 bits per heavy atom. The van der Waals surface area contributed by atoms with Crippen LogP contribution in [0.15, 0.2) is 48.5 Å². The van der Waals surface area contributed by atoms with Crippen molar-refractivity contribution >= 4 is 12.0 Å². The van der Waals surface area contributed by atoms with Gasteiger partial charge in [0.1, 0.15) is 0 Å². The molecule has 0 atom stereocenters. The van der Waals surface area contributed by atoms with Crippen LogP contribution in [0.25, 0.3) is 11.1 Å². The fraction of sp³-hybridized carbons (Fsp3) is 0.391. The van der Waals surface area contributed by atoms with Crippen LogP contribution in [0.4, 0.5) is 4.79 Å². The first-order valence-corrected chi connectivity index (χ1v) is 10.1. The average Bonchev–Trinajstić information content (AvgIpc) is 2.68. The number of carbonyl (C=O) groups excluding carboxylic acids is 1. The number of nitrogens with one attached hydrogen (secondary N) is 2. The van der Waals surface area contributed by atoms with Crippen molar-refractivity contribution in [1.29, 1.82) is 0 Å². The third kappa shape index (κ3) is 5.57. The molecule has 29 heavy (non-hydrogen) atoms. The van der Waals surface area contributed by atoms with Crippen LogP contribution >= 0.6 is 0 Å². The third-order valence-corrected chi connectivity index (χ3v) is 5.54. The van der Waals surface area contributed by atoms with Crippen molar-refractivity contribution in [3.05, 3.63) is 59.7 Å². The molecule has 0 heterocycles. The Hall–Kier alpha value is -2.86. The number of carboxylic acids is 1. The fourth-order valence-electron chi connectivity index (χ4n) is 3.87. The van der Waals surface area contributed by atoms with E-state index in [2.05, 4.69) is 41.8 Å². The minimum absolute atomic E-state index is 0.0540. The molecule has 6 heteroatoms. The van der Waals surface area contributed by atoms with E-state index in [1.54, 1.807) is 0 Å². The number of hydrogen-bond donors (Lipinski definition) is 3. The van der Waals surface area contributed by atoms with E-state index in [9.17, 15) is 9.59 Å². The Morgan fingerprint density at radius 1 is 1.14 bits per heavy atom. The predicted molar refractivity (Wildman–Crippen MR) is 114 cm³/mol. The molecule has 2 amide bonds. The molecule has 2 aromatic carbocycles. The number of aliphatic carboxylic acids is 1. The minimum atomic E-state index is -0.811. The zero-order valence-corrected chi connectivity index (χ0v) is 17.0. The first kappa shape index (κ1) is 20.9. The van der Waals surface area contributed by atoms with Gasteiger partial charge in [-0.05, 0) is 48.6 Å². The van der Waals surface area contributed by atoms with Gasteiger partial charge in [-0.25, -0.2) is 4.79 Å². The van der Waals surface area contributed by atoms with E-state index in [1.165, 1.54) is 16.7 Å². The second-order valence-electron chi connectivity index (χ2n) is 7.62. The van der Waals surface area contributed by atoms with Crippen LogP contribution in [-0.4, -0.2) is 47.2 Å². The highest BCUT2D eigenvalue weighted by molar-refractivity contribution is 5.74. The normalized spacial score (nSPS) is 18.2. The molecule has 1 aliphatic carbocycles. The summed E-state index contributed by atoms with van der Waals surface area (Å²) in [7, 11) is 0. The maximum absolute atomic E-state index is 12.2. The first-order valence-electron chi connectivity index (χ1n) is 10.1. The quantitative estimate of drug-likeness (QED) is 0.640. The molecule has 154 valence electrons. The maximum Gasteiger partial charge on any atom is 0.317 e. The van der Waals surface area contributed by atoms with Crippen molar-refractivity contribution in [2.45, 2.75) is 45.3 Å². The Balaban J connectivity index is 1.45. The van der Waals surface area contributed by atoms with E-state index < -0.39 is 5.97 Å². The van der Waals surface area contributed by atoms with Crippen molar-refractivity contribution in [3.8, 4) is 11.1 Å². The van der Waals surface area contributed by atoms with E-state index in [0.29, 0.717) is 13.1 Å². The van der Waals surface area contributed by atoms with Crippen LogP contribution in [0.5, 0.6) is 0 Å². The molecule has 1 fully saturated rings. The van der Waals surface area contributed by atoms with Crippen LogP contribution in [0.2, 0.25) is 0 Å². The molecule has 0 aromatic heterocycles. The lowest BCUT2D eigenvalue weighted by Gasteiger charge is -2.42. The molecule has 0 unspecified atom stereocenters. The lowest BCUT2D eigenvalue weighted by atomic mass is 9.85. The van der Waals surface area contributed by atoms with E-state index in [1.807, 2.05) is 36.1 Å². The number of hydrogen-bond acceptors (Lipinski definition) is 3. The molecular weight excluding hydrogens is 366 g/mol. The van der Waals surface area contributed by atoms with Crippen LogP contribution in [0.3, 0.4) is 0 Å². The highest BCUT2D eigenvalue weighted by Crippen LogP contribution is 2.26. The van der Waals surface area contributed by atoms with Crippen molar-refractivity contribution in [1.82, 2.24) is 15.5 Å². The second kappa shape index (κ2) is 9.56. The number of carboxylic acid groups (broad SMARTS) is 1. The Bertz CT molecular complexity index is 848. The molecule has 1 aliphatic rings. The van der Waals surface area contributed by atoms with Crippen LogP contribution in [0.1, 0.15) is 30.9 Å². The highest BCUT2D eigenvalue weighted by atomic mass is 16.4. The summed E-state index contributed by atoms with van der Waals surface area (Å²) in [6.45, 7) is 5.27. The fourth-order valence-corrected chi connectivity index (χ4v) is 3.87. The molecule has 1 saturated carbocycles. The maximum atomic E-state index is 12.2. The lowest BCUT2D eigenvalue weighted by molar-refractivity contribution is -0.139. The Labute approximate surface area is 171 Å². The van der Waals surface area contributed by atoms with Gasteiger partial charge in [0.2, 0.25) is 0 Å². The van der Waals surface area contributed by atoms with E-state index >= 15 is 0 Å². The summed E-state index contributed by atoms with van der Waals surface area (Å²) in [6, 6.07) is 16.6. The van der Waals surface area contributed by atoms with Gasteiger partial charge in [0.05, 0.1) is 6.54 Å². The second-order valence-corrected chi connectivity index (χ2v) is 7.62. The van der Waals surface area contributed by atoms with E-state index in [-0.39, 0.29) is 24.7 Å². The molecule has 0 aliphatic heterocycles. The molecule has 0 spiro atoms. The molecule has 3 rings (SSSR count). The number of urea groups is 1. The summed E-state index contributed by atoms with van der Waals surface area (Å²) in [4.78, 5) is 25.0. The summed E-state index contributed by atoms with van der Waals surface area (Å²) < 4.78 is 0. The summed E-state index contributed by atoms with van der Waals surface area (Å²) >= 11 is 0. The zero-order chi connectivity index (χ0) is 20.8. The van der Waals surface area contributed by atoms with E-state index in [0.717, 1.165) is 18.4 Å². The number of likely N-dealkylation sites (N-methyl/N-ethyl adjacent to an activating group) is 1. The molecule has 0 saturated heterocycles. The zero-order valence-electron chi connectivity index (χ0n) is 17.0.